The number of amides is 1. The summed E-state index contributed by atoms with van der Waals surface area (Å²) in [6, 6.07) is 20.7. The second-order valence-corrected chi connectivity index (χ2v) is 5.65. The first-order chi connectivity index (χ1) is 11.6. The number of nitrogens with one attached hydrogen (secondary N) is 1. The Bertz CT molecular complexity index is 917. The lowest BCUT2D eigenvalue weighted by atomic mass is 10.0. The zero-order valence-electron chi connectivity index (χ0n) is 13.0. The van der Waals surface area contributed by atoms with E-state index in [9.17, 15) is 4.79 Å². The molecule has 0 unspecified atom stereocenters. The molecule has 5 heteroatoms. The quantitative estimate of drug-likeness (QED) is 0.391. The Balaban J connectivity index is 1.75. The van der Waals surface area contributed by atoms with Crippen LogP contribution in [0.4, 0.5) is 10.5 Å². The molecule has 4 nitrogen and oxygen atoms in total. The fraction of sp³-hybridized carbons (Fsp3) is 0.0526. The standard InChI is InChI=1S/C19H15ClN2O2/c1-13(17-11-4-7-14-6-2-3-10-18(14)17)22-24-19(23)21-16-9-5-8-15(20)12-16/h2-12H,1H3,(H,21,23)/b22-13-. The average Bonchev–Trinajstić information content (AvgIpc) is 2.59. The molecule has 3 aromatic carbocycles. The lowest BCUT2D eigenvalue weighted by Gasteiger charge is -2.06. The van der Waals surface area contributed by atoms with Gasteiger partial charge in [-0.3, -0.25) is 10.2 Å². The minimum atomic E-state index is -0.670. The second kappa shape index (κ2) is 7.15. The van der Waals surface area contributed by atoms with Gasteiger partial charge in [-0.2, -0.15) is 0 Å². The van der Waals surface area contributed by atoms with Gasteiger partial charge in [0.1, 0.15) is 0 Å². The number of hydrogen-bond donors (Lipinski definition) is 1. The molecule has 3 rings (SSSR count). The molecule has 0 saturated carbocycles. The normalized spacial score (nSPS) is 11.3. The number of carbonyl (C=O) groups excluding carboxylic acids is 1. The van der Waals surface area contributed by atoms with E-state index in [1.54, 1.807) is 31.2 Å². The van der Waals surface area contributed by atoms with Crippen molar-refractivity contribution in [2.24, 2.45) is 5.16 Å². The number of carbonyl (C=O) groups is 1. The molecule has 0 saturated heterocycles. The summed E-state index contributed by atoms with van der Waals surface area (Å²) in [6.45, 7) is 1.80. The molecule has 1 amide bonds. The molecule has 1 N–H and O–H groups in total. The van der Waals surface area contributed by atoms with Gasteiger partial charge in [0.05, 0.1) is 5.71 Å². The fourth-order valence-electron chi connectivity index (χ4n) is 2.41. The Labute approximate surface area is 144 Å². The first-order valence-electron chi connectivity index (χ1n) is 7.40. The van der Waals surface area contributed by atoms with Gasteiger partial charge in [-0.1, -0.05) is 65.3 Å². The van der Waals surface area contributed by atoms with Crippen LogP contribution in [0, 0.1) is 0 Å². The van der Waals surface area contributed by atoms with Gasteiger partial charge in [-0.15, -0.1) is 0 Å². The third kappa shape index (κ3) is 3.73. The molecule has 0 spiro atoms. The summed E-state index contributed by atoms with van der Waals surface area (Å²) < 4.78 is 0. The Morgan fingerprint density at radius 3 is 2.62 bits per heavy atom. The highest BCUT2D eigenvalue weighted by atomic mass is 35.5. The molecule has 0 heterocycles. The van der Waals surface area contributed by atoms with E-state index in [0.717, 1.165) is 16.3 Å². The summed E-state index contributed by atoms with van der Waals surface area (Å²) in [5, 5.41) is 9.20. The summed E-state index contributed by atoms with van der Waals surface area (Å²) in [6.07, 6.45) is -0.670. The third-order valence-corrected chi connectivity index (χ3v) is 3.75. The van der Waals surface area contributed by atoms with Crippen molar-refractivity contribution < 1.29 is 9.63 Å². The summed E-state index contributed by atoms with van der Waals surface area (Å²) in [5.41, 5.74) is 2.09. The highest BCUT2D eigenvalue weighted by Crippen LogP contribution is 2.19. The summed E-state index contributed by atoms with van der Waals surface area (Å²) in [7, 11) is 0. The number of anilines is 1. The average molecular weight is 339 g/mol. The van der Waals surface area contributed by atoms with Crippen molar-refractivity contribution in [1.82, 2.24) is 0 Å². The van der Waals surface area contributed by atoms with Gasteiger partial charge in [-0.25, -0.2) is 4.79 Å². The number of oxime groups is 1. The van der Waals surface area contributed by atoms with Crippen LogP contribution >= 0.6 is 11.6 Å². The first kappa shape index (κ1) is 16.0. The molecule has 0 aliphatic rings. The molecule has 0 fully saturated rings. The predicted molar refractivity (Wildman–Crippen MR) is 97.7 cm³/mol. The van der Waals surface area contributed by atoms with E-state index in [2.05, 4.69) is 10.5 Å². The molecule has 24 heavy (non-hydrogen) atoms. The van der Waals surface area contributed by atoms with Gasteiger partial charge in [0.15, 0.2) is 0 Å². The van der Waals surface area contributed by atoms with Crippen LogP contribution in [0.25, 0.3) is 10.8 Å². The number of rotatable bonds is 3. The van der Waals surface area contributed by atoms with Crippen molar-refractivity contribution in [2.45, 2.75) is 6.92 Å². The lowest BCUT2D eigenvalue weighted by Crippen LogP contribution is -2.12. The van der Waals surface area contributed by atoms with E-state index in [1.165, 1.54) is 0 Å². The van der Waals surface area contributed by atoms with Crippen molar-refractivity contribution in [2.75, 3.05) is 5.32 Å². The summed E-state index contributed by atoms with van der Waals surface area (Å²) in [5.74, 6) is 0. The fourth-order valence-corrected chi connectivity index (χ4v) is 2.60. The van der Waals surface area contributed by atoms with E-state index >= 15 is 0 Å². The zero-order valence-corrected chi connectivity index (χ0v) is 13.7. The molecule has 0 radical (unpaired) electrons. The molecule has 0 aromatic heterocycles. The van der Waals surface area contributed by atoms with Gasteiger partial charge in [0.2, 0.25) is 0 Å². The van der Waals surface area contributed by atoms with Crippen LogP contribution in [-0.4, -0.2) is 11.8 Å². The Hall–Kier alpha value is -2.85. The molecule has 0 aliphatic heterocycles. The van der Waals surface area contributed by atoms with E-state index < -0.39 is 6.09 Å². The van der Waals surface area contributed by atoms with Crippen molar-refractivity contribution in [3.63, 3.8) is 0 Å². The molecular formula is C19H15ClN2O2. The van der Waals surface area contributed by atoms with Gasteiger partial charge < -0.3 is 0 Å². The van der Waals surface area contributed by atoms with Crippen molar-refractivity contribution >= 4 is 39.9 Å². The number of fused-ring (bicyclic) bond motifs is 1. The molecule has 0 atom stereocenters. The molecule has 3 aromatic rings. The van der Waals surface area contributed by atoms with E-state index in [4.69, 9.17) is 16.4 Å². The number of halogens is 1. The van der Waals surface area contributed by atoms with Gasteiger partial charge in [0.25, 0.3) is 0 Å². The summed E-state index contributed by atoms with van der Waals surface area (Å²) in [4.78, 5) is 16.8. The zero-order chi connectivity index (χ0) is 16.9. The highest BCUT2D eigenvalue weighted by molar-refractivity contribution is 6.30. The molecule has 120 valence electrons. The van der Waals surface area contributed by atoms with Crippen LogP contribution in [0.15, 0.2) is 71.9 Å². The number of benzene rings is 3. The van der Waals surface area contributed by atoms with E-state index in [-0.39, 0.29) is 0 Å². The Morgan fingerprint density at radius 1 is 1.04 bits per heavy atom. The molecule has 0 aliphatic carbocycles. The van der Waals surface area contributed by atoms with Crippen LogP contribution in [-0.2, 0) is 4.84 Å². The van der Waals surface area contributed by atoms with Crippen LogP contribution in [0.5, 0.6) is 0 Å². The minimum absolute atomic E-state index is 0.531. The van der Waals surface area contributed by atoms with Crippen molar-refractivity contribution in [1.29, 1.82) is 0 Å². The van der Waals surface area contributed by atoms with Crippen molar-refractivity contribution in [3.8, 4) is 0 Å². The lowest BCUT2D eigenvalue weighted by molar-refractivity contribution is 0.166. The van der Waals surface area contributed by atoms with Gasteiger partial charge in [-0.05, 0) is 35.9 Å². The van der Waals surface area contributed by atoms with Crippen LogP contribution in [0.2, 0.25) is 5.02 Å². The van der Waals surface area contributed by atoms with E-state index in [1.807, 2.05) is 42.5 Å². The van der Waals surface area contributed by atoms with Crippen LogP contribution < -0.4 is 5.32 Å². The predicted octanol–water partition coefficient (Wildman–Crippen LogP) is 5.47. The number of nitrogens with zero attached hydrogens (tertiary/aromatic N) is 1. The molecular weight excluding hydrogens is 324 g/mol. The smallest absolute Gasteiger partial charge is 0.298 e. The Morgan fingerprint density at radius 2 is 1.79 bits per heavy atom. The van der Waals surface area contributed by atoms with Crippen LogP contribution in [0.3, 0.4) is 0 Å². The highest BCUT2D eigenvalue weighted by Gasteiger charge is 2.07. The second-order valence-electron chi connectivity index (χ2n) is 5.22. The summed E-state index contributed by atoms with van der Waals surface area (Å²) >= 11 is 5.87. The Kier molecular flexibility index (Phi) is 4.77. The minimum Gasteiger partial charge on any atom is -0.298 e. The number of hydrogen-bond acceptors (Lipinski definition) is 3. The maximum atomic E-state index is 11.8. The third-order valence-electron chi connectivity index (χ3n) is 3.52. The van der Waals surface area contributed by atoms with Gasteiger partial charge >= 0.3 is 6.09 Å². The first-order valence-corrected chi connectivity index (χ1v) is 7.77. The maximum Gasteiger partial charge on any atom is 0.437 e. The van der Waals surface area contributed by atoms with Crippen molar-refractivity contribution in [3.05, 3.63) is 77.3 Å². The SMILES string of the molecule is C/C(=N/OC(=O)Nc1cccc(Cl)c1)c1cccc2ccccc12. The maximum absolute atomic E-state index is 11.8. The van der Waals surface area contributed by atoms with Crippen LogP contribution in [0.1, 0.15) is 12.5 Å². The largest absolute Gasteiger partial charge is 0.437 e. The monoisotopic (exact) mass is 338 g/mol. The topological polar surface area (TPSA) is 50.7 Å². The van der Waals surface area contributed by atoms with Gasteiger partial charge in [0, 0.05) is 16.3 Å². The van der Waals surface area contributed by atoms with E-state index in [0.29, 0.717) is 16.4 Å². The molecule has 0 bridgehead atoms.